The van der Waals surface area contributed by atoms with Gasteiger partial charge in [-0.2, -0.15) is 0 Å². The number of benzene rings is 1. The lowest BCUT2D eigenvalue weighted by Crippen LogP contribution is -2.41. The molecule has 2 unspecified atom stereocenters. The van der Waals surface area contributed by atoms with Crippen LogP contribution in [-0.4, -0.2) is 56.2 Å². The van der Waals surface area contributed by atoms with Crippen molar-refractivity contribution < 1.29 is 9.13 Å². The number of ether oxygens (including phenoxy) is 1. The van der Waals surface area contributed by atoms with Crippen molar-refractivity contribution in [2.24, 2.45) is 5.73 Å². The van der Waals surface area contributed by atoms with Crippen LogP contribution in [0.2, 0.25) is 0 Å². The Labute approximate surface area is 126 Å². The molecule has 0 aliphatic carbocycles. The number of nitrogens with zero attached hydrogens (tertiary/aromatic N) is 2. The number of halogens is 1. The maximum atomic E-state index is 13.8. The molecule has 0 amide bonds. The fraction of sp³-hybridized carbons (Fsp3) is 0.625. The number of hydrogen-bond acceptors (Lipinski definition) is 4. The molecule has 0 saturated carbocycles. The lowest BCUT2D eigenvalue weighted by atomic mass is 10.1. The Morgan fingerprint density at radius 3 is 2.86 bits per heavy atom. The first-order chi connectivity index (χ1) is 10.0. The summed E-state index contributed by atoms with van der Waals surface area (Å²) in [6.07, 6.45) is 1.14. The molecule has 2 rings (SSSR count). The summed E-state index contributed by atoms with van der Waals surface area (Å²) in [5, 5.41) is 0. The van der Waals surface area contributed by atoms with E-state index in [4.69, 9.17) is 10.5 Å². The van der Waals surface area contributed by atoms with Crippen molar-refractivity contribution in [2.75, 3.05) is 40.3 Å². The van der Waals surface area contributed by atoms with Crippen LogP contribution in [0.3, 0.4) is 0 Å². The largest absolute Gasteiger partial charge is 0.494 e. The van der Waals surface area contributed by atoms with Gasteiger partial charge in [-0.1, -0.05) is 6.07 Å². The number of likely N-dealkylation sites (N-methyl/N-ethyl adjacent to an activating group) is 1. The van der Waals surface area contributed by atoms with E-state index in [1.165, 1.54) is 13.2 Å². The van der Waals surface area contributed by atoms with Crippen molar-refractivity contribution >= 4 is 0 Å². The highest BCUT2D eigenvalue weighted by molar-refractivity contribution is 5.31. The molecule has 1 aromatic carbocycles. The monoisotopic (exact) mass is 295 g/mol. The average molecular weight is 295 g/mol. The normalized spacial score (nSPS) is 22.8. The predicted octanol–water partition coefficient (Wildman–Crippen LogP) is 1.86. The van der Waals surface area contributed by atoms with Gasteiger partial charge in [0.05, 0.1) is 7.11 Å². The summed E-state index contributed by atoms with van der Waals surface area (Å²) in [6.45, 7) is 6.18. The van der Waals surface area contributed by atoms with Gasteiger partial charge in [0, 0.05) is 25.2 Å². The van der Waals surface area contributed by atoms with Crippen molar-refractivity contribution in [3.8, 4) is 5.75 Å². The van der Waals surface area contributed by atoms with E-state index in [2.05, 4.69) is 23.8 Å². The second-order valence-corrected chi connectivity index (χ2v) is 5.96. The molecule has 0 bridgehead atoms. The average Bonchev–Trinajstić information content (AvgIpc) is 2.60. The molecule has 1 aromatic rings. The molecule has 1 fully saturated rings. The minimum absolute atomic E-state index is 0.184. The van der Waals surface area contributed by atoms with Crippen LogP contribution in [0, 0.1) is 5.82 Å². The zero-order valence-electron chi connectivity index (χ0n) is 13.2. The third-order valence-electron chi connectivity index (χ3n) is 4.22. The minimum Gasteiger partial charge on any atom is -0.494 e. The van der Waals surface area contributed by atoms with Gasteiger partial charge >= 0.3 is 0 Å². The van der Waals surface area contributed by atoms with E-state index < -0.39 is 0 Å². The van der Waals surface area contributed by atoms with Gasteiger partial charge in [0.25, 0.3) is 0 Å². The molecule has 1 heterocycles. The molecule has 2 N–H and O–H groups in total. The Bertz CT molecular complexity index is 469. The fourth-order valence-electron chi connectivity index (χ4n) is 2.96. The maximum Gasteiger partial charge on any atom is 0.165 e. The van der Waals surface area contributed by atoms with E-state index in [-0.39, 0.29) is 17.6 Å². The van der Waals surface area contributed by atoms with Crippen LogP contribution in [0.1, 0.15) is 24.9 Å². The van der Waals surface area contributed by atoms with E-state index in [0.717, 1.165) is 38.2 Å². The molecule has 5 heteroatoms. The van der Waals surface area contributed by atoms with Crippen LogP contribution in [0.25, 0.3) is 0 Å². The molecule has 1 saturated heterocycles. The zero-order valence-corrected chi connectivity index (χ0v) is 13.2. The highest BCUT2D eigenvalue weighted by Gasteiger charge is 2.22. The van der Waals surface area contributed by atoms with Crippen LogP contribution in [-0.2, 0) is 0 Å². The summed E-state index contributed by atoms with van der Waals surface area (Å²) in [4.78, 5) is 4.75. The first kappa shape index (κ1) is 16.2. The third kappa shape index (κ3) is 4.15. The molecular formula is C16H26FN3O. The van der Waals surface area contributed by atoms with Gasteiger partial charge in [-0.25, -0.2) is 4.39 Å². The summed E-state index contributed by atoms with van der Waals surface area (Å²) < 4.78 is 18.7. The van der Waals surface area contributed by atoms with Gasteiger partial charge in [-0.05, 0) is 51.2 Å². The van der Waals surface area contributed by atoms with Crippen LogP contribution in [0.15, 0.2) is 18.2 Å². The second-order valence-electron chi connectivity index (χ2n) is 5.96. The number of methoxy groups -OCH3 is 1. The first-order valence-electron chi connectivity index (χ1n) is 7.53. The number of rotatable bonds is 4. The van der Waals surface area contributed by atoms with Crippen LogP contribution in [0.4, 0.5) is 4.39 Å². The molecule has 1 aliphatic rings. The van der Waals surface area contributed by atoms with E-state index in [1.807, 2.05) is 6.07 Å². The SMILES string of the molecule is COc1ccc(C(N)CN2CCCN(C)CC2C)cc1F. The molecule has 0 spiro atoms. The van der Waals surface area contributed by atoms with Gasteiger partial charge in [0.2, 0.25) is 0 Å². The lowest BCUT2D eigenvalue weighted by Gasteiger charge is -2.30. The van der Waals surface area contributed by atoms with Crippen molar-refractivity contribution in [3.63, 3.8) is 0 Å². The summed E-state index contributed by atoms with van der Waals surface area (Å²) in [5.74, 6) is -0.0928. The lowest BCUT2D eigenvalue weighted by molar-refractivity contribution is 0.191. The van der Waals surface area contributed by atoms with E-state index in [0.29, 0.717) is 6.04 Å². The Hall–Kier alpha value is -1.17. The van der Waals surface area contributed by atoms with Crippen molar-refractivity contribution in [1.29, 1.82) is 0 Å². The number of nitrogens with two attached hydrogens (primary N) is 1. The van der Waals surface area contributed by atoms with E-state index in [1.54, 1.807) is 6.07 Å². The Morgan fingerprint density at radius 2 is 2.19 bits per heavy atom. The summed E-state index contributed by atoms with van der Waals surface area (Å²) in [6, 6.07) is 5.26. The van der Waals surface area contributed by atoms with Gasteiger partial charge < -0.3 is 15.4 Å². The van der Waals surface area contributed by atoms with Crippen LogP contribution >= 0.6 is 0 Å². The Morgan fingerprint density at radius 1 is 1.43 bits per heavy atom. The molecule has 4 nitrogen and oxygen atoms in total. The molecule has 21 heavy (non-hydrogen) atoms. The van der Waals surface area contributed by atoms with Gasteiger partial charge in [0.1, 0.15) is 0 Å². The molecule has 118 valence electrons. The predicted molar refractivity (Wildman–Crippen MR) is 83.0 cm³/mol. The van der Waals surface area contributed by atoms with Gasteiger partial charge in [0.15, 0.2) is 11.6 Å². The van der Waals surface area contributed by atoms with E-state index in [9.17, 15) is 4.39 Å². The third-order valence-corrected chi connectivity index (χ3v) is 4.22. The van der Waals surface area contributed by atoms with Gasteiger partial charge in [-0.3, -0.25) is 4.90 Å². The first-order valence-corrected chi connectivity index (χ1v) is 7.53. The highest BCUT2D eigenvalue weighted by Crippen LogP contribution is 2.22. The van der Waals surface area contributed by atoms with Crippen LogP contribution in [0.5, 0.6) is 5.75 Å². The zero-order chi connectivity index (χ0) is 15.4. The molecule has 2 atom stereocenters. The molecular weight excluding hydrogens is 269 g/mol. The van der Waals surface area contributed by atoms with Crippen molar-refractivity contribution in [1.82, 2.24) is 9.80 Å². The number of hydrogen-bond donors (Lipinski definition) is 1. The fourth-order valence-corrected chi connectivity index (χ4v) is 2.96. The van der Waals surface area contributed by atoms with Crippen LogP contribution < -0.4 is 10.5 Å². The summed E-state index contributed by atoms with van der Waals surface area (Å²) in [5.41, 5.74) is 7.09. The van der Waals surface area contributed by atoms with Crippen molar-refractivity contribution in [2.45, 2.75) is 25.4 Å². The maximum absolute atomic E-state index is 13.8. The standard InChI is InChI=1S/C16H26FN3O/c1-12-10-19(2)7-4-8-20(12)11-15(18)13-5-6-16(21-3)14(17)9-13/h5-6,9,12,15H,4,7-8,10-11,18H2,1-3H3. The molecule has 0 radical (unpaired) electrons. The quantitative estimate of drug-likeness (QED) is 0.920. The smallest absolute Gasteiger partial charge is 0.165 e. The Balaban J connectivity index is 2.03. The Kier molecular flexibility index (Phi) is 5.56. The molecule has 0 aromatic heterocycles. The van der Waals surface area contributed by atoms with E-state index >= 15 is 0 Å². The topological polar surface area (TPSA) is 41.7 Å². The minimum atomic E-state index is -0.353. The highest BCUT2D eigenvalue weighted by atomic mass is 19.1. The second kappa shape index (κ2) is 7.20. The molecule has 1 aliphatic heterocycles. The summed E-state index contributed by atoms with van der Waals surface area (Å²) in [7, 11) is 3.62. The van der Waals surface area contributed by atoms with Crippen molar-refractivity contribution in [3.05, 3.63) is 29.6 Å². The van der Waals surface area contributed by atoms with Gasteiger partial charge in [-0.15, -0.1) is 0 Å². The summed E-state index contributed by atoms with van der Waals surface area (Å²) >= 11 is 0.